The third kappa shape index (κ3) is 71.6. The molecule has 0 bridgehead atoms. The van der Waals surface area contributed by atoms with E-state index in [1.54, 1.807) is 0 Å². The Balaban J connectivity index is 5.42. The molecule has 0 radical (unpaired) electrons. The number of hydrogen-bond acceptors (Lipinski definition) is 15. The standard InChI is InChI=1S/C81H136O17P2/c1-5-9-13-17-21-25-29-33-36-37-40-43-46-50-54-58-62-66-79(84)92-72-77(98-81(86)68-64-60-56-52-48-44-39-35-31-27-23-19-15-11-7-3)74-96-100(89,90)94-70-75(82)69-93-99(87,88)95-73-76(97-80(85)67-63-59-55-51-47-41-32-28-24-20-16-12-8-4)71-91-78(83)65-61-57-53-49-45-42-38-34-30-26-22-18-14-10-6-2/h9-11,13-15,21-23,25-27,33-36,38-40,43,45,49,75-77,82H,5-8,12,16-20,24,28-32,37,41-42,44,46-48,50-74H2,1-4H3,(H,87,88)(H,89,90)/b13-9-,14-10-,15-11-,25-21-,26-22-,27-23-,36-33-,38-34-,39-35-,43-40-,49-45-. The van der Waals surface area contributed by atoms with E-state index in [2.05, 4.69) is 161 Å². The van der Waals surface area contributed by atoms with Gasteiger partial charge in [-0.3, -0.25) is 37.3 Å². The van der Waals surface area contributed by atoms with E-state index in [-0.39, 0.29) is 25.7 Å². The summed E-state index contributed by atoms with van der Waals surface area (Å²) in [6.07, 6.45) is 80.1. The molecule has 0 aliphatic heterocycles. The molecule has 0 aromatic rings. The number of aliphatic hydroxyl groups excluding tert-OH is 1. The van der Waals surface area contributed by atoms with Gasteiger partial charge in [0, 0.05) is 25.7 Å². The number of phosphoric ester groups is 2. The topological polar surface area (TPSA) is 237 Å². The average Bonchev–Trinajstić information content (AvgIpc) is 1.06. The Morgan fingerprint density at radius 3 is 0.820 bits per heavy atom. The zero-order valence-corrected chi connectivity index (χ0v) is 64.1. The number of unbranched alkanes of at least 4 members (excludes halogenated alkanes) is 23. The molecule has 17 nitrogen and oxygen atoms in total. The maximum atomic E-state index is 13.1. The molecule has 0 aromatic carbocycles. The van der Waals surface area contributed by atoms with Crippen molar-refractivity contribution in [2.45, 2.75) is 316 Å². The Morgan fingerprint density at radius 1 is 0.290 bits per heavy atom. The minimum atomic E-state index is -4.99. The molecular formula is C81H136O17P2. The fourth-order valence-corrected chi connectivity index (χ4v) is 11.4. The second-order valence-corrected chi connectivity index (χ2v) is 28.1. The predicted molar refractivity (Wildman–Crippen MR) is 408 cm³/mol. The van der Waals surface area contributed by atoms with E-state index in [1.807, 2.05) is 0 Å². The first-order valence-corrected chi connectivity index (χ1v) is 41.4. The monoisotopic (exact) mass is 1440 g/mol. The number of carbonyl (C=O) groups excluding carboxylic acids is 4. The second kappa shape index (κ2) is 72.5. The smallest absolute Gasteiger partial charge is 0.462 e. The number of esters is 4. The van der Waals surface area contributed by atoms with Gasteiger partial charge in [-0.1, -0.05) is 271 Å². The average molecular weight is 1440 g/mol. The first-order chi connectivity index (χ1) is 48.7. The number of carbonyl (C=O) groups is 4. The largest absolute Gasteiger partial charge is 0.472 e. The maximum absolute atomic E-state index is 13.1. The molecule has 0 aliphatic rings. The van der Waals surface area contributed by atoms with E-state index in [9.17, 15) is 43.2 Å². The first kappa shape index (κ1) is 95.2. The lowest BCUT2D eigenvalue weighted by Gasteiger charge is -2.21. The Morgan fingerprint density at radius 2 is 0.520 bits per heavy atom. The van der Waals surface area contributed by atoms with Crippen LogP contribution in [0.15, 0.2) is 134 Å². The summed E-state index contributed by atoms with van der Waals surface area (Å²) < 4.78 is 68.4. The van der Waals surface area contributed by atoms with Gasteiger partial charge in [0.05, 0.1) is 26.4 Å². The van der Waals surface area contributed by atoms with Crippen molar-refractivity contribution < 1.29 is 80.2 Å². The highest BCUT2D eigenvalue weighted by atomic mass is 31.2. The van der Waals surface area contributed by atoms with Gasteiger partial charge < -0.3 is 33.8 Å². The van der Waals surface area contributed by atoms with Crippen molar-refractivity contribution in [2.75, 3.05) is 39.6 Å². The molecule has 3 N–H and O–H groups in total. The number of ether oxygens (including phenoxy) is 4. The highest BCUT2D eigenvalue weighted by Gasteiger charge is 2.30. The molecule has 0 heterocycles. The van der Waals surface area contributed by atoms with Gasteiger partial charge in [0.25, 0.3) is 0 Å². The van der Waals surface area contributed by atoms with Crippen molar-refractivity contribution in [3.8, 4) is 0 Å². The number of hydrogen-bond donors (Lipinski definition) is 3. The molecule has 0 rings (SSSR count). The molecule has 5 atom stereocenters. The Labute approximate surface area is 605 Å². The van der Waals surface area contributed by atoms with Gasteiger partial charge in [0.15, 0.2) is 12.2 Å². The summed E-state index contributed by atoms with van der Waals surface area (Å²) >= 11 is 0. The molecule has 100 heavy (non-hydrogen) atoms. The second-order valence-electron chi connectivity index (χ2n) is 25.2. The molecule has 0 aliphatic carbocycles. The van der Waals surface area contributed by atoms with Crippen LogP contribution >= 0.6 is 15.6 Å². The van der Waals surface area contributed by atoms with E-state index in [4.69, 9.17) is 37.0 Å². The van der Waals surface area contributed by atoms with Crippen LogP contribution in [-0.2, 0) is 65.4 Å². The minimum absolute atomic E-state index is 0.0658. The maximum Gasteiger partial charge on any atom is 0.472 e. The van der Waals surface area contributed by atoms with Crippen molar-refractivity contribution in [1.82, 2.24) is 0 Å². The fourth-order valence-electron chi connectivity index (χ4n) is 9.86. The summed E-state index contributed by atoms with van der Waals surface area (Å²) in [6.45, 7) is 4.44. The molecule has 0 aromatic heterocycles. The molecule has 0 saturated carbocycles. The molecule has 0 saturated heterocycles. The summed E-state index contributed by atoms with van der Waals surface area (Å²) in [7, 11) is -9.98. The van der Waals surface area contributed by atoms with Gasteiger partial charge >= 0.3 is 39.5 Å². The summed E-state index contributed by atoms with van der Waals surface area (Å²) in [6, 6.07) is 0. The van der Waals surface area contributed by atoms with E-state index >= 15 is 0 Å². The SMILES string of the molecule is CC/C=C\C/C=C\C/C=C\C/C=C\CCCCCCC(=O)OCC(COP(=O)(O)OCC(O)COP(=O)(O)OCC(COC(=O)CCCC/C=C\C/C=C\C/C=C\C/C=C\CC)OC(=O)CCCCCCCCCCCCCCC)OC(=O)CCCCCCC/C=C\C/C=C\C/C=C\CC. The molecule has 0 amide bonds. The van der Waals surface area contributed by atoms with Crippen LogP contribution in [0.5, 0.6) is 0 Å². The van der Waals surface area contributed by atoms with Gasteiger partial charge in [-0.25, -0.2) is 9.13 Å². The van der Waals surface area contributed by atoms with Crippen LogP contribution in [-0.4, -0.2) is 96.7 Å². The molecule has 19 heteroatoms. The van der Waals surface area contributed by atoms with Crippen LogP contribution in [0.25, 0.3) is 0 Å². The van der Waals surface area contributed by atoms with Crippen LogP contribution in [0.1, 0.15) is 297 Å². The molecule has 0 spiro atoms. The van der Waals surface area contributed by atoms with Gasteiger partial charge in [0.1, 0.15) is 19.3 Å². The lowest BCUT2D eigenvalue weighted by molar-refractivity contribution is -0.161. The van der Waals surface area contributed by atoms with Crippen molar-refractivity contribution >= 4 is 39.5 Å². The van der Waals surface area contributed by atoms with Gasteiger partial charge in [-0.2, -0.15) is 0 Å². The van der Waals surface area contributed by atoms with Gasteiger partial charge in [-0.05, 0) is 135 Å². The van der Waals surface area contributed by atoms with Gasteiger partial charge in [-0.15, -0.1) is 0 Å². The molecule has 5 unspecified atom stereocenters. The Kier molecular flexibility index (Phi) is 69.1. The summed E-state index contributed by atoms with van der Waals surface area (Å²) in [5.74, 6) is -2.27. The third-order valence-corrected chi connectivity index (χ3v) is 17.5. The molecule has 0 fully saturated rings. The highest BCUT2D eigenvalue weighted by Crippen LogP contribution is 2.45. The van der Waals surface area contributed by atoms with Crippen molar-refractivity contribution in [3.05, 3.63) is 134 Å². The van der Waals surface area contributed by atoms with E-state index in [0.29, 0.717) is 25.7 Å². The molecular weight excluding hydrogens is 1310 g/mol. The van der Waals surface area contributed by atoms with Crippen LogP contribution < -0.4 is 0 Å². The number of aliphatic hydroxyl groups is 1. The Bertz CT molecular complexity index is 2420. The fraction of sp³-hybridized carbons (Fsp3) is 0.679. The van der Waals surface area contributed by atoms with E-state index in [0.717, 1.165) is 167 Å². The summed E-state index contributed by atoms with van der Waals surface area (Å²) in [5.41, 5.74) is 0. The van der Waals surface area contributed by atoms with Crippen molar-refractivity contribution in [1.29, 1.82) is 0 Å². The zero-order chi connectivity index (χ0) is 73.2. The van der Waals surface area contributed by atoms with Crippen LogP contribution in [0.3, 0.4) is 0 Å². The van der Waals surface area contributed by atoms with Crippen molar-refractivity contribution in [3.63, 3.8) is 0 Å². The third-order valence-electron chi connectivity index (χ3n) is 15.6. The van der Waals surface area contributed by atoms with Gasteiger partial charge in [0.2, 0.25) is 0 Å². The van der Waals surface area contributed by atoms with Crippen LogP contribution in [0.2, 0.25) is 0 Å². The number of rotatable bonds is 71. The van der Waals surface area contributed by atoms with Crippen LogP contribution in [0.4, 0.5) is 0 Å². The van der Waals surface area contributed by atoms with Crippen molar-refractivity contribution in [2.24, 2.45) is 0 Å². The molecule has 572 valence electrons. The zero-order valence-electron chi connectivity index (χ0n) is 62.3. The van der Waals surface area contributed by atoms with Crippen LogP contribution in [0, 0.1) is 0 Å². The predicted octanol–water partition coefficient (Wildman–Crippen LogP) is 22.1. The normalized spacial score (nSPS) is 14.7. The number of phosphoric acid groups is 2. The first-order valence-electron chi connectivity index (χ1n) is 38.4. The van der Waals surface area contributed by atoms with E-state index < -0.39 is 97.5 Å². The quantitative estimate of drug-likeness (QED) is 0.0169. The summed E-state index contributed by atoms with van der Waals surface area (Å²) in [4.78, 5) is 72.9. The lowest BCUT2D eigenvalue weighted by atomic mass is 10.0. The number of allylic oxidation sites excluding steroid dienone is 22. The highest BCUT2D eigenvalue weighted by molar-refractivity contribution is 7.47. The minimum Gasteiger partial charge on any atom is -0.462 e. The van der Waals surface area contributed by atoms with E-state index in [1.165, 1.54) is 51.4 Å². The Hall–Kier alpha value is -4.80. The summed E-state index contributed by atoms with van der Waals surface area (Å²) in [5, 5.41) is 10.6. The lowest BCUT2D eigenvalue weighted by Crippen LogP contribution is -2.30.